The highest BCUT2D eigenvalue weighted by Gasteiger charge is 2.10. The second-order valence-electron chi connectivity index (χ2n) is 6.95. The van der Waals surface area contributed by atoms with Crippen molar-refractivity contribution < 1.29 is 4.79 Å². The van der Waals surface area contributed by atoms with Gasteiger partial charge in [-0.15, -0.1) is 0 Å². The lowest BCUT2D eigenvalue weighted by Gasteiger charge is -2.12. The van der Waals surface area contributed by atoms with Gasteiger partial charge in [0.15, 0.2) is 0 Å². The standard InChI is InChI=1S/C23H21ClN4O/c1-14(2)20-8-7-19(10-15(20)3)28-22(29)18-6-9-21(24)17(11-18)5-4-16-12-26-23(25)27-13-16/h6-14H,1-3H3,(H,28,29)(H2,25,26,27). The van der Waals surface area contributed by atoms with Crippen molar-refractivity contribution >= 4 is 29.1 Å². The summed E-state index contributed by atoms with van der Waals surface area (Å²) in [6.45, 7) is 6.34. The number of nitrogens with zero attached hydrogens (tertiary/aromatic N) is 2. The number of nitrogen functional groups attached to an aromatic ring is 1. The summed E-state index contributed by atoms with van der Waals surface area (Å²) in [5, 5.41) is 3.39. The molecule has 3 rings (SSSR count). The first kappa shape index (κ1) is 20.4. The maximum Gasteiger partial charge on any atom is 0.255 e. The Bertz CT molecular complexity index is 1110. The summed E-state index contributed by atoms with van der Waals surface area (Å²) in [6.07, 6.45) is 3.06. The molecule has 3 aromatic rings. The van der Waals surface area contributed by atoms with Crippen LogP contribution in [0, 0.1) is 18.8 Å². The van der Waals surface area contributed by atoms with E-state index in [4.69, 9.17) is 17.3 Å². The summed E-state index contributed by atoms with van der Waals surface area (Å²) >= 11 is 6.23. The fourth-order valence-electron chi connectivity index (χ4n) is 2.91. The Kier molecular flexibility index (Phi) is 6.16. The average Bonchev–Trinajstić information content (AvgIpc) is 2.68. The second kappa shape index (κ2) is 8.76. The highest BCUT2D eigenvalue weighted by molar-refractivity contribution is 6.32. The lowest BCUT2D eigenvalue weighted by Crippen LogP contribution is -2.12. The van der Waals surface area contributed by atoms with Gasteiger partial charge in [0.1, 0.15) is 0 Å². The number of carbonyl (C=O) groups excluding carboxylic acids is 1. The number of aromatic nitrogens is 2. The van der Waals surface area contributed by atoms with E-state index < -0.39 is 0 Å². The molecule has 6 heteroatoms. The molecule has 0 bridgehead atoms. The van der Waals surface area contributed by atoms with Crippen molar-refractivity contribution in [2.75, 3.05) is 11.1 Å². The van der Waals surface area contributed by atoms with E-state index in [0.717, 1.165) is 11.3 Å². The van der Waals surface area contributed by atoms with Crippen LogP contribution in [0.2, 0.25) is 5.02 Å². The molecule has 0 aliphatic heterocycles. The molecule has 5 nitrogen and oxygen atoms in total. The number of aryl methyl sites for hydroxylation is 1. The minimum Gasteiger partial charge on any atom is -0.368 e. The van der Waals surface area contributed by atoms with E-state index >= 15 is 0 Å². The average molecular weight is 405 g/mol. The molecule has 0 atom stereocenters. The van der Waals surface area contributed by atoms with Crippen LogP contribution in [0.5, 0.6) is 0 Å². The highest BCUT2D eigenvalue weighted by atomic mass is 35.5. The second-order valence-corrected chi connectivity index (χ2v) is 7.36. The first-order chi connectivity index (χ1) is 13.8. The highest BCUT2D eigenvalue weighted by Crippen LogP contribution is 2.23. The number of benzene rings is 2. The van der Waals surface area contributed by atoms with E-state index in [1.807, 2.05) is 25.1 Å². The van der Waals surface area contributed by atoms with Crippen molar-refractivity contribution in [2.45, 2.75) is 26.7 Å². The molecule has 0 radical (unpaired) electrons. The van der Waals surface area contributed by atoms with Crippen molar-refractivity contribution in [3.8, 4) is 11.8 Å². The molecule has 1 heterocycles. The summed E-state index contributed by atoms with van der Waals surface area (Å²) in [4.78, 5) is 20.5. The first-order valence-corrected chi connectivity index (χ1v) is 9.52. The van der Waals surface area contributed by atoms with Gasteiger partial charge in [-0.3, -0.25) is 4.79 Å². The zero-order valence-electron chi connectivity index (χ0n) is 16.5. The van der Waals surface area contributed by atoms with E-state index in [2.05, 4.69) is 41.0 Å². The molecular weight excluding hydrogens is 384 g/mol. The van der Waals surface area contributed by atoms with Gasteiger partial charge in [-0.05, 0) is 54.3 Å². The molecule has 3 N–H and O–H groups in total. The molecule has 0 spiro atoms. The molecule has 0 aliphatic carbocycles. The number of nitrogens with one attached hydrogen (secondary N) is 1. The normalized spacial score (nSPS) is 10.4. The summed E-state index contributed by atoms with van der Waals surface area (Å²) in [7, 11) is 0. The predicted octanol–water partition coefficient (Wildman–Crippen LogP) is 4.80. The van der Waals surface area contributed by atoms with Gasteiger partial charge in [-0.25, -0.2) is 9.97 Å². The monoisotopic (exact) mass is 404 g/mol. The van der Waals surface area contributed by atoms with Gasteiger partial charge in [-0.2, -0.15) is 0 Å². The van der Waals surface area contributed by atoms with Crippen LogP contribution in [0.25, 0.3) is 0 Å². The van der Waals surface area contributed by atoms with E-state index in [1.165, 1.54) is 18.0 Å². The van der Waals surface area contributed by atoms with Crippen LogP contribution in [0.4, 0.5) is 11.6 Å². The Hall–Kier alpha value is -3.36. The van der Waals surface area contributed by atoms with E-state index in [9.17, 15) is 4.79 Å². The van der Waals surface area contributed by atoms with Crippen LogP contribution >= 0.6 is 11.6 Å². The van der Waals surface area contributed by atoms with Gasteiger partial charge in [0.2, 0.25) is 5.95 Å². The Balaban J connectivity index is 1.81. The molecule has 0 saturated carbocycles. The van der Waals surface area contributed by atoms with Crippen molar-refractivity contribution in [3.63, 3.8) is 0 Å². The third-order valence-corrected chi connectivity index (χ3v) is 4.72. The molecule has 146 valence electrons. The smallest absolute Gasteiger partial charge is 0.255 e. The molecule has 2 aromatic carbocycles. The largest absolute Gasteiger partial charge is 0.368 e. The maximum atomic E-state index is 12.7. The third kappa shape index (κ3) is 5.13. The SMILES string of the molecule is Cc1cc(NC(=O)c2ccc(Cl)c(C#Cc3cnc(N)nc3)c2)ccc1C(C)C. The molecular formula is C23H21ClN4O. The van der Waals surface area contributed by atoms with Gasteiger partial charge in [-0.1, -0.05) is 43.4 Å². The summed E-state index contributed by atoms with van der Waals surface area (Å²) in [6, 6.07) is 10.9. The van der Waals surface area contributed by atoms with E-state index in [-0.39, 0.29) is 11.9 Å². The number of hydrogen-bond donors (Lipinski definition) is 2. The summed E-state index contributed by atoms with van der Waals surface area (Å²) in [5.74, 6) is 6.27. The zero-order valence-corrected chi connectivity index (χ0v) is 17.2. The fourth-order valence-corrected chi connectivity index (χ4v) is 3.07. The molecule has 29 heavy (non-hydrogen) atoms. The number of rotatable bonds is 3. The number of hydrogen-bond acceptors (Lipinski definition) is 4. The van der Waals surface area contributed by atoms with Crippen molar-refractivity contribution in [1.29, 1.82) is 0 Å². The van der Waals surface area contributed by atoms with Crippen LogP contribution in [-0.4, -0.2) is 15.9 Å². The van der Waals surface area contributed by atoms with Crippen LogP contribution in [0.15, 0.2) is 48.8 Å². The Morgan fingerprint density at radius 2 is 1.83 bits per heavy atom. The lowest BCUT2D eigenvalue weighted by molar-refractivity contribution is 0.102. The quantitative estimate of drug-likeness (QED) is 0.614. The molecule has 0 unspecified atom stereocenters. The van der Waals surface area contributed by atoms with Crippen LogP contribution in [0.1, 0.15) is 52.4 Å². The van der Waals surface area contributed by atoms with E-state index in [1.54, 1.807) is 18.2 Å². The molecule has 1 aromatic heterocycles. The number of amides is 1. The fraction of sp³-hybridized carbons (Fsp3) is 0.174. The van der Waals surface area contributed by atoms with Gasteiger partial charge < -0.3 is 11.1 Å². The molecule has 1 amide bonds. The molecule has 0 fully saturated rings. The molecule has 0 saturated heterocycles. The van der Waals surface area contributed by atoms with Gasteiger partial charge >= 0.3 is 0 Å². The summed E-state index contributed by atoms with van der Waals surface area (Å²) in [5.41, 5.74) is 10.2. The predicted molar refractivity (Wildman–Crippen MR) is 117 cm³/mol. The minimum absolute atomic E-state index is 0.184. The lowest BCUT2D eigenvalue weighted by atomic mass is 9.97. The van der Waals surface area contributed by atoms with E-state index in [0.29, 0.717) is 27.6 Å². The van der Waals surface area contributed by atoms with Crippen LogP contribution in [-0.2, 0) is 0 Å². The van der Waals surface area contributed by atoms with Crippen LogP contribution in [0.3, 0.4) is 0 Å². The van der Waals surface area contributed by atoms with Crippen molar-refractivity contribution in [1.82, 2.24) is 9.97 Å². The number of halogens is 1. The topological polar surface area (TPSA) is 80.9 Å². The third-order valence-electron chi connectivity index (χ3n) is 4.39. The summed E-state index contributed by atoms with van der Waals surface area (Å²) < 4.78 is 0. The number of carbonyl (C=O) groups is 1. The van der Waals surface area contributed by atoms with Gasteiger partial charge in [0.25, 0.3) is 5.91 Å². The Morgan fingerprint density at radius 1 is 1.10 bits per heavy atom. The number of nitrogens with two attached hydrogens (primary N) is 1. The Labute approximate surface area is 175 Å². The minimum atomic E-state index is -0.225. The van der Waals surface area contributed by atoms with Crippen molar-refractivity contribution in [3.05, 3.63) is 81.6 Å². The molecule has 0 aliphatic rings. The Morgan fingerprint density at radius 3 is 2.48 bits per heavy atom. The maximum absolute atomic E-state index is 12.7. The zero-order chi connectivity index (χ0) is 21.0. The number of anilines is 2. The van der Waals surface area contributed by atoms with Gasteiger partial charge in [0, 0.05) is 29.2 Å². The first-order valence-electron chi connectivity index (χ1n) is 9.14. The van der Waals surface area contributed by atoms with Crippen molar-refractivity contribution in [2.24, 2.45) is 0 Å². The van der Waals surface area contributed by atoms with Crippen LogP contribution < -0.4 is 11.1 Å². The van der Waals surface area contributed by atoms with Gasteiger partial charge in [0.05, 0.1) is 10.6 Å².